The molecule has 0 saturated heterocycles. The first-order chi connectivity index (χ1) is 12.5. The van der Waals surface area contributed by atoms with E-state index in [4.69, 9.17) is 10.5 Å². The van der Waals surface area contributed by atoms with E-state index in [0.29, 0.717) is 17.9 Å². The van der Waals surface area contributed by atoms with E-state index in [1.165, 1.54) is 0 Å². The minimum atomic E-state index is -0.705. The monoisotopic (exact) mass is 355 g/mol. The summed E-state index contributed by atoms with van der Waals surface area (Å²) in [6, 6.07) is 13.5. The van der Waals surface area contributed by atoms with E-state index in [-0.39, 0.29) is 5.91 Å². The lowest BCUT2D eigenvalue weighted by atomic mass is 10.1. The highest BCUT2D eigenvalue weighted by Gasteiger charge is 2.19. The van der Waals surface area contributed by atoms with Crippen LogP contribution in [0.1, 0.15) is 31.7 Å². The third kappa shape index (κ3) is 6.12. The van der Waals surface area contributed by atoms with Gasteiger partial charge in [0.1, 0.15) is 17.5 Å². The number of benzene rings is 2. The van der Waals surface area contributed by atoms with E-state index >= 15 is 0 Å². The minimum Gasteiger partial charge on any atom is -0.457 e. The average Bonchev–Trinajstić information content (AvgIpc) is 2.62. The predicted molar refractivity (Wildman–Crippen MR) is 102 cm³/mol. The van der Waals surface area contributed by atoms with Gasteiger partial charge in [0.15, 0.2) is 0 Å². The van der Waals surface area contributed by atoms with Gasteiger partial charge in [-0.1, -0.05) is 37.5 Å². The van der Waals surface area contributed by atoms with E-state index in [0.717, 1.165) is 24.2 Å². The van der Waals surface area contributed by atoms with E-state index in [1.54, 1.807) is 24.3 Å². The number of anilines is 1. The molecule has 2 aromatic rings. The lowest BCUT2D eigenvalue weighted by Gasteiger charge is -2.17. The van der Waals surface area contributed by atoms with Crippen LogP contribution in [-0.2, 0) is 4.79 Å². The van der Waals surface area contributed by atoms with Crippen LogP contribution in [-0.4, -0.2) is 18.0 Å². The van der Waals surface area contributed by atoms with Crippen LogP contribution >= 0.6 is 0 Å². The molecule has 138 valence electrons. The van der Waals surface area contributed by atoms with Gasteiger partial charge in [-0.15, -0.1) is 0 Å². The summed E-state index contributed by atoms with van der Waals surface area (Å²) in [4.78, 5) is 23.4. The molecule has 1 unspecified atom stereocenters. The highest BCUT2D eigenvalue weighted by Crippen LogP contribution is 2.23. The van der Waals surface area contributed by atoms with Crippen molar-refractivity contribution in [1.29, 1.82) is 0 Å². The van der Waals surface area contributed by atoms with E-state index in [2.05, 4.69) is 10.6 Å². The minimum absolute atomic E-state index is 0.288. The van der Waals surface area contributed by atoms with Crippen molar-refractivity contribution < 1.29 is 14.3 Å². The summed E-state index contributed by atoms with van der Waals surface area (Å²) in [6.45, 7) is 4.04. The first-order valence-electron chi connectivity index (χ1n) is 8.69. The van der Waals surface area contributed by atoms with Crippen molar-refractivity contribution >= 4 is 17.6 Å². The average molecular weight is 355 g/mol. The number of primary amides is 1. The van der Waals surface area contributed by atoms with Gasteiger partial charge in [-0.2, -0.15) is 0 Å². The molecule has 1 atom stereocenters. The van der Waals surface area contributed by atoms with Crippen LogP contribution in [0.25, 0.3) is 0 Å². The number of ether oxygens (including phenoxy) is 1. The summed E-state index contributed by atoms with van der Waals surface area (Å²) in [5.74, 6) is 1.13. The Morgan fingerprint density at radius 2 is 1.62 bits per heavy atom. The number of hydrogen-bond acceptors (Lipinski definition) is 3. The molecule has 0 fully saturated rings. The third-order valence-corrected chi connectivity index (χ3v) is 3.86. The molecule has 6 nitrogen and oxygen atoms in total. The SMILES string of the molecule is CCCCC(NC(N)=O)C(=O)Nc1ccc(Oc2ccc(C)cc2)cc1. The summed E-state index contributed by atoms with van der Waals surface area (Å²) < 4.78 is 5.76. The molecular formula is C20H25N3O3. The molecule has 0 bridgehead atoms. The first kappa shape index (κ1) is 19.3. The zero-order valence-corrected chi connectivity index (χ0v) is 15.1. The van der Waals surface area contributed by atoms with Gasteiger partial charge >= 0.3 is 6.03 Å². The van der Waals surface area contributed by atoms with Gasteiger partial charge in [0.2, 0.25) is 5.91 Å². The summed E-state index contributed by atoms with van der Waals surface area (Å²) in [5, 5.41) is 5.28. The third-order valence-electron chi connectivity index (χ3n) is 3.86. The molecule has 0 spiro atoms. The molecule has 4 N–H and O–H groups in total. The predicted octanol–water partition coefficient (Wildman–Crippen LogP) is 3.95. The molecule has 0 radical (unpaired) electrons. The zero-order valence-electron chi connectivity index (χ0n) is 15.1. The number of nitrogens with two attached hydrogens (primary N) is 1. The zero-order chi connectivity index (χ0) is 18.9. The van der Waals surface area contributed by atoms with Crippen LogP contribution in [0.2, 0.25) is 0 Å². The molecule has 6 heteroatoms. The van der Waals surface area contributed by atoms with Gasteiger partial charge in [-0.25, -0.2) is 4.79 Å². The molecule has 2 rings (SSSR count). The van der Waals surface area contributed by atoms with E-state index < -0.39 is 12.1 Å². The van der Waals surface area contributed by atoms with Crippen molar-refractivity contribution in [2.45, 2.75) is 39.2 Å². The van der Waals surface area contributed by atoms with Gasteiger partial charge in [-0.3, -0.25) is 4.79 Å². The number of nitrogens with one attached hydrogen (secondary N) is 2. The standard InChI is InChI=1S/C20H25N3O3/c1-3-4-5-18(23-20(21)25)19(24)22-15-8-12-17(13-9-15)26-16-10-6-14(2)7-11-16/h6-13,18H,3-5H2,1-2H3,(H,22,24)(H3,21,23,25). The van der Waals surface area contributed by atoms with Crippen molar-refractivity contribution in [3.8, 4) is 11.5 Å². The molecule has 0 saturated carbocycles. The number of rotatable bonds is 8. The van der Waals surface area contributed by atoms with Gasteiger partial charge in [-0.05, 0) is 49.7 Å². The van der Waals surface area contributed by atoms with Crippen molar-refractivity contribution in [1.82, 2.24) is 5.32 Å². The van der Waals surface area contributed by atoms with Crippen LogP contribution in [0.15, 0.2) is 48.5 Å². The molecule has 26 heavy (non-hydrogen) atoms. The highest BCUT2D eigenvalue weighted by molar-refractivity contribution is 5.96. The second kappa shape index (κ2) is 9.46. The van der Waals surface area contributed by atoms with Gasteiger partial charge in [0, 0.05) is 5.69 Å². The fourth-order valence-corrected chi connectivity index (χ4v) is 2.43. The topological polar surface area (TPSA) is 93.5 Å². The molecule has 3 amide bonds. The Morgan fingerprint density at radius 3 is 2.15 bits per heavy atom. The Kier molecular flexibility index (Phi) is 7.02. The van der Waals surface area contributed by atoms with Gasteiger partial charge < -0.3 is 21.1 Å². The van der Waals surface area contributed by atoms with Crippen LogP contribution in [0.5, 0.6) is 11.5 Å². The first-order valence-corrected chi connectivity index (χ1v) is 8.69. The summed E-state index contributed by atoms with van der Waals surface area (Å²) in [6.07, 6.45) is 2.29. The fraction of sp³-hybridized carbons (Fsp3) is 0.300. The lowest BCUT2D eigenvalue weighted by molar-refractivity contribution is -0.118. The Balaban J connectivity index is 1.97. The maximum Gasteiger partial charge on any atom is 0.312 e. The van der Waals surface area contributed by atoms with Crippen LogP contribution in [0.3, 0.4) is 0 Å². The molecule has 2 aromatic carbocycles. The van der Waals surface area contributed by atoms with Crippen molar-refractivity contribution in [2.75, 3.05) is 5.32 Å². The highest BCUT2D eigenvalue weighted by atomic mass is 16.5. The second-order valence-electron chi connectivity index (χ2n) is 6.13. The number of carbonyl (C=O) groups excluding carboxylic acids is 2. The normalized spacial score (nSPS) is 11.5. The molecule has 0 aliphatic rings. The number of urea groups is 1. The number of carbonyl (C=O) groups is 2. The Bertz CT molecular complexity index is 727. The maximum atomic E-state index is 12.3. The van der Waals surface area contributed by atoms with E-state index in [1.807, 2.05) is 38.1 Å². The molecule has 0 aromatic heterocycles. The number of hydrogen-bond donors (Lipinski definition) is 3. The van der Waals surface area contributed by atoms with Crippen molar-refractivity contribution in [2.24, 2.45) is 5.73 Å². The fourth-order valence-electron chi connectivity index (χ4n) is 2.43. The van der Waals surface area contributed by atoms with Gasteiger partial charge in [0.05, 0.1) is 0 Å². The smallest absolute Gasteiger partial charge is 0.312 e. The Hall–Kier alpha value is -3.02. The van der Waals surface area contributed by atoms with Gasteiger partial charge in [0.25, 0.3) is 0 Å². The van der Waals surface area contributed by atoms with Crippen LogP contribution in [0, 0.1) is 6.92 Å². The maximum absolute atomic E-state index is 12.3. The van der Waals surface area contributed by atoms with Crippen LogP contribution < -0.4 is 21.1 Å². The summed E-state index contributed by atoms with van der Waals surface area (Å²) in [7, 11) is 0. The number of aryl methyl sites for hydroxylation is 1. The molecular weight excluding hydrogens is 330 g/mol. The summed E-state index contributed by atoms with van der Waals surface area (Å²) in [5.41, 5.74) is 6.94. The molecule has 0 heterocycles. The Morgan fingerprint density at radius 1 is 1.04 bits per heavy atom. The molecule has 0 aliphatic carbocycles. The van der Waals surface area contributed by atoms with Crippen molar-refractivity contribution in [3.05, 3.63) is 54.1 Å². The van der Waals surface area contributed by atoms with E-state index in [9.17, 15) is 9.59 Å². The lowest BCUT2D eigenvalue weighted by Crippen LogP contribution is -2.46. The summed E-state index contributed by atoms with van der Waals surface area (Å²) >= 11 is 0. The number of unbranched alkanes of at least 4 members (excludes halogenated alkanes) is 1. The molecule has 0 aliphatic heterocycles. The quantitative estimate of drug-likeness (QED) is 0.669. The van der Waals surface area contributed by atoms with Crippen molar-refractivity contribution in [3.63, 3.8) is 0 Å². The van der Waals surface area contributed by atoms with Crippen LogP contribution in [0.4, 0.5) is 10.5 Å². The number of amides is 3. The second-order valence-corrected chi connectivity index (χ2v) is 6.13. The largest absolute Gasteiger partial charge is 0.457 e. The Labute approximate surface area is 153 Å².